The molecule has 0 radical (unpaired) electrons. The quantitative estimate of drug-likeness (QED) is 0.713. The van der Waals surface area contributed by atoms with Crippen LogP contribution in [0.5, 0.6) is 0 Å². The summed E-state index contributed by atoms with van der Waals surface area (Å²) in [6.07, 6.45) is 1.76. The topological polar surface area (TPSA) is 12.9 Å². The highest BCUT2D eigenvalue weighted by Crippen LogP contribution is 2.39. The summed E-state index contributed by atoms with van der Waals surface area (Å²) in [4.78, 5) is 4.33. The second-order valence-corrected chi connectivity index (χ2v) is 5.50. The van der Waals surface area contributed by atoms with Gasteiger partial charge in [0.15, 0.2) is 0 Å². The summed E-state index contributed by atoms with van der Waals surface area (Å²) >= 11 is 9.68. The van der Waals surface area contributed by atoms with E-state index in [1.165, 1.54) is 12.1 Å². The summed E-state index contributed by atoms with van der Waals surface area (Å²) in [5.74, 6) is -0.178. The Labute approximate surface area is 119 Å². The molecular weight excluding hydrogens is 317 g/mol. The largest absolute Gasteiger partial charge is 0.261 e. The zero-order valence-electron chi connectivity index (χ0n) is 9.78. The van der Waals surface area contributed by atoms with Crippen LogP contribution in [-0.2, 0) is 0 Å². The molecule has 2 atom stereocenters. The monoisotopic (exact) mass is 327 g/mol. The van der Waals surface area contributed by atoms with Gasteiger partial charge in [-0.05, 0) is 29.8 Å². The van der Waals surface area contributed by atoms with Crippen molar-refractivity contribution in [3.05, 3.63) is 64.7 Å². The lowest BCUT2D eigenvalue weighted by Crippen LogP contribution is -2.04. The van der Waals surface area contributed by atoms with Crippen LogP contribution < -0.4 is 0 Å². The first-order valence-electron chi connectivity index (χ1n) is 5.59. The number of hydrogen-bond donors (Lipinski definition) is 0. The van der Waals surface area contributed by atoms with Crippen molar-refractivity contribution in [2.45, 2.75) is 17.7 Å². The van der Waals surface area contributed by atoms with E-state index < -0.39 is 0 Å². The van der Waals surface area contributed by atoms with Gasteiger partial charge in [-0.3, -0.25) is 4.98 Å². The van der Waals surface area contributed by atoms with Crippen molar-refractivity contribution in [2.75, 3.05) is 0 Å². The van der Waals surface area contributed by atoms with Crippen molar-refractivity contribution in [2.24, 2.45) is 0 Å². The lowest BCUT2D eigenvalue weighted by Gasteiger charge is -2.19. The maximum atomic E-state index is 13.0. The smallest absolute Gasteiger partial charge is 0.124 e. The van der Waals surface area contributed by atoms with Gasteiger partial charge in [0.2, 0.25) is 0 Å². The van der Waals surface area contributed by atoms with Gasteiger partial charge in [-0.1, -0.05) is 46.6 Å². The van der Waals surface area contributed by atoms with Crippen molar-refractivity contribution in [3.8, 4) is 0 Å². The molecule has 2 rings (SSSR count). The van der Waals surface area contributed by atoms with E-state index in [-0.39, 0.29) is 16.6 Å². The standard InChI is InChI=1S/C14H12BrClFN/c1-9(13-4-2-3-7-18-13)14(15)11-6-5-10(17)8-12(11)16/h2-9,14H,1H3. The zero-order chi connectivity index (χ0) is 13.1. The second-order valence-electron chi connectivity index (χ2n) is 4.11. The molecule has 0 aliphatic carbocycles. The number of hydrogen-bond acceptors (Lipinski definition) is 1. The van der Waals surface area contributed by atoms with Crippen LogP contribution in [0.15, 0.2) is 42.6 Å². The average molecular weight is 329 g/mol. The van der Waals surface area contributed by atoms with Gasteiger partial charge in [0.05, 0.1) is 0 Å². The molecule has 0 fully saturated rings. The molecule has 1 aromatic carbocycles. The van der Waals surface area contributed by atoms with Crippen LogP contribution in [0.4, 0.5) is 4.39 Å². The fraction of sp³-hybridized carbons (Fsp3) is 0.214. The Morgan fingerprint density at radius 2 is 2.06 bits per heavy atom. The summed E-state index contributed by atoms with van der Waals surface area (Å²) in [5.41, 5.74) is 1.84. The normalized spacial score (nSPS) is 14.2. The predicted molar refractivity (Wildman–Crippen MR) is 75.7 cm³/mol. The number of benzene rings is 1. The van der Waals surface area contributed by atoms with Crippen molar-refractivity contribution in [3.63, 3.8) is 0 Å². The van der Waals surface area contributed by atoms with Gasteiger partial charge in [-0.2, -0.15) is 0 Å². The van der Waals surface area contributed by atoms with Crippen LogP contribution in [0.25, 0.3) is 0 Å². The maximum Gasteiger partial charge on any atom is 0.124 e. The van der Waals surface area contributed by atoms with Gasteiger partial charge >= 0.3 is 0 Å². The predicted octanol–water partition coefficient (Wildman–Crippen LogP) is 5.11. The van der Waals surface area contributed by atoms with Gasteiger partial charge in [0, 0.05) is 27.7 Å². The van der Waals surface area contributed by atoms with Gasteiger partial charge in [-0.25, -0.2) is 4.39 Å². The molecule has 2 aromatic rings. The fourth-order valence-corrected chi connectivity index (χ4v) is 2.88. The minimum atomic E-state index is -0.325. The molecule has 0 saturated heterocycles. The van der Waals surface area contributed by atoms with Crippen LogP contribution in [0.3, 0.4) is 0 Å². The number of alkyl halides is 1. The van der Waals surface area contributed by atoms with Crippen molar-refractivity contribution < 1.29 is 4.39 Å². The first-order valence-corrected chi connectivity index (χ1v) is 6.89. The Bertz CT molecular complexity index is 533. The molecule has 94 valence electrons. The second kappa shape index (κ2) is 5.81. The molecule has 0 aliphatic heterocycles. The Balaban J connectivity index is 2.28. The summed E-state index contributed by atoms with van der Waals surface area (Å²) in [5, 5.41) is 0.430. The summed E-state index contributed by atoms with van der Waals surface area (Å²) in [7, 11) is 0. The van der Waals surface area contributed by atoms with Crippen molar-refractivity contribution in [1.82, 2.24) is 4.98 Å². The molecule has 0 bridgehead atoms. The molecule has 1 heterocycles. The molecule has 1 aromatic heterocycles. The van der Waals surface area contributed by atoms with Crippen LogP contribution >= 0.6 is 27.5 Å². The highest BCUT2D eigenvalue weighted by Gasteiger charge is 2.21. The minimum absolute atomic E-state index is 0.000463. The zero-order valence-corrected chi connectivity index (χ0v) is 12.1. The van der Waals surface area contributed by atoms with Crippen LogP contribution in [0, 0.1) is 5.82 Å². The molecule has 2 unspecified atom stereocenters. The van der Waals surface area contributed by atoms with Crippen molar-refractivity contribution >= 4 is 27.5 Å². The Morgan fingerprint density at radius 3 is 2.67 bits per heavy atom. The highest BCUT2D eigenvalue weighted by atomic mass is 79.9. The fourth-order valence-electron chi connectivity index (χ4n) is 1.79. The molecular formula is C14H12BrClFN. The van der Waals surface area contributed by atoms with Crippen LogP contribution in [0.2, 0.25) is 5.02 Å². The van der Waals surface area contributed by atoms with E-state index in [0.717, 1.165) is 11.3 Å². The van der Waals surface area contributed by atoms with E-state index >= 15 is 0 Å². The number of nitrogens with zero attached hydrogens (tertiary/aromatic N) is 1. The lowest BCUT2D eigenvalue weighted by molar-refractivity contribution is 0.626. The Hall–Kier alpha value is -0.930. The minimum Gasteiger partial charge on any atom is -0.261 e. The average Bonchev–Trinajstić information content (AvgIpc) is 2.38. The SMILES string of the molecule is CC(c1ccccn1)C(Br)c1ccc(F)cc1Cl. The van der Waals surface area contributed by atoms with Crippen LogP contribution in [-0.4, -0.2) is 4.98 Å². The first kappa shape index (κ1) is 13.5. The molecule has 4 heteroatoms. The molecule has 1 nitrogen and oxygen atoms in total. The maximum absolute atomic E-state index is 13.0. The summed E-state index contributed by atoms with van der Waals surface area (Å²) in [6, 6.07) is 10.2. The molecule has 0 N–H and O–H groups in total. The van der Waals surface area contributed by atoms with E-state index in [9.17, 15) is 4.39 Å². The number of aromatic nitrogens is 1. The number of pyridine rings is 1. The van der Waals surface area contributed by atoms with Crippen molar-refractivity contribution in [1.29, 1.82) is 0 Å². The molecule has 0 saturated carbocycles. The first-order chi connectivity index (χ1) is 8.59. The Morgan fingerprint density at radius 1 is 1.28 bits per heavy atom. The summed E-state index contributed by atoms with van der Waals surface area (Å²) < 4.78 is 13.0. The third kappa shape index (κ3) is 2.90. The van der Waals surface area contributed by atoms with Crippen LogP contribution in [0.1, 0.15) is 28.9 Å². The number of halogens is 3. The third-order valence-corrected chi connectivity index (χ3v) is 4.47. The summed E-state index contributed by atoms with van der Waals surface area (Å²) in [6.45, 7) is 2.06. The Kier molecular flexibility index (Phi) is 4.36. The molecule has 0 aliphatic rings. The molecule has 18 heavy (non-hydrogen) atoms. The third-order valence-electron chi connectivity index (χ3n) is 2.85. The van der Waals surface area contributed by atoms with E-state index in [1.54, 1.807) is 12.3 Å². The van der Waals surface area contributed by atoms with Gasteiger partial charge in [-0.15, -0.1) is 0 Å². The highest BCUT2D eigenvalue weighted by molar-refractivity contribution is 9.09. The molecule has 0 amide bonds. The molecule has 0 spiro atoms. The lowest BCUT2D eigenvalue weighted by atomic mass is 9.97. The van der Waals surface area contributed by atoms with E-state index in [0.29, 0.717) is 5.02 Å². The van der Waals surface area contributed by atoms with E-state index in [2.05, 4.69) is 27.8 Å². The van der Waals surface area contributed by atoms with Gasteiger partial charge in [0.1, 0.15) is 5.82 Å². The number of rotatable bonds is 3. The van der Waals surface area contributed by atoms with Gasteiger partial charge < -0.3 is 0 Å². The van der Waals surface area contributed by atoms with Gasteiger partial charge in [0.25, 0.3) is 0 Å². The van der Waals surface area contributed by atoms with E-state index in [4.69, 9.17) is 11.6 Å². The van der Waals surface area contributed by atoms with E-state index in [1.807, 2.05) is 18.2 Å².